The molecule has 1 aromatic heterocycles. The monoisotopic (exact) mass is 272 g/mol. The standard InChI is InChI=1S/C15H16N2O3/c18-15(16-12-7-9-5-6-14(12)19-9)8-11-10-3-1-2-4-13(10)20-17-11/h1-4,9,12,14H,5-8H2,(H,16,18)/t9-,12-,14+/m1/s1. The summed E-state index contributed by atoms with van der Waals surface area (Å²) in [6.07, 6.45) is 3.94. The molecule has 0 unspecified atom stereocenters. The minimum absolute atomic E-state index is 0.00907. The number of carbonyl (C=O) groups excluding carboxylic acids is 1. The Hall–Kier alpha value is -1.88. The topological polar surface area (TPSA) is 64.4 Å². The molecular formula is C15H16N2O3. The van der Waals surface area contributed by atoms with Crippen LogP contribution in [0.25, 0.3) is 11.0 Å². The van der Waals surface area contributed by atoms with E-state index >= 15 is 0 Å². The Kier molecular flexibility index (Phi) is 2.73. The van der Waals surface area contributed by atoms with Crippen molar-refractivity contribution in [2.75, 3.05) is 0 Å². The summed E-state index contributed by atoms with van der Waals surface area (Å²) in [7, 11) is 0. The number of ether oxygens (including phenoxy) is 1. The molecule has 2 bridgehead atoms. The van der Waals surface area contributed by atoms with Crippen molar-refractivity contribution in [1.82, 2.24) is 10.5 Å². The Labute approximate surface area is 116 Å². The molecule has 3 atom stereocenters. The fourth-order valence-electron chi connectivity index (χ4n) is 3.27. The first-order valence-corrected chi connectivity index (χ1v) is 7.08. The third-order valence-corrected chi connectivity index (χ3v) is 4.23. The first kappa shape index (κ1) is 11.9. The molecule has 2 fully saturated rings. The van der Waals surface area contributed by atoms with Crippen molar-refractivity contribution in [2.24, 2.45) is 0 Å². The van der Waals surface area contributed by atoms with Crippen LogP contribution in [0.5, 0.6) is 0 Å². The molecular weight excluding hydrogens is 256 g/mol. The molecule has 2 aliphatic heterocycles. The zero-order chi connectivity index (χ0) is 13.5. The Balaban J connectivity index is 1.45. The van der Waals surface area contributed by atoms with Crippen molar-refractivity contribution in [3.8, 4) is 0 Å². The van der Waals surface area contributed by atoms with E-state index in [1.165, 1.54) is 0 Å². The van der Waals surface area contributed by atoms with E-state index in [-0.39, 0.29) is 24.5 Å². The lowest BCUT2D eigenvalue weighted by Crippen LogP contribution is -2.42. The predicted octanol–water partition coefficient (Wildman–Crippen LogP) is 1.81. The molecule has 2 aromatic rings. The molecule has 4 rings (SSSR count). The van der Waals surface area contributed by atoms with E-state index in [9.17, 15) is 4.79 Å². The van der Waals surface area contributed by atoms with Gasteiger partial charge in [-0.25, -0.2) is 0 Å². The predicted molar refractivity (Wildman–Crippen MR) is 72.2 cm³/mol. The molecule has 1 aromatic carbocycles. The summed E-state index contributed by atoms with van der Waals surface area (Å²) in [5.41, 5.74) is 1.42. The fourth-order valence-corrected chi connectivity index (χ4v) is 3.27. The van der Waals surface area contributed by atoms with E-state index in [0.717, 1.165) is 30.2 Å². The van der Waals surface area contributed by atoms with Crippen molar-refractivity contribution in [1.29, 1.82) is 0 Å². The normalized spacial score (nSPS) is 28.1. The minimum atomic E-state index is -0.00907. The zero-order valence-electron chi connectivity index (χ0n) is 11.0. The molecule has 20 heavy (non-hydrogen) atoms. The molecule has 5 nitrogen and oxygen atoms in total. The first-order chi connectivity index (χ1) is 9.79. The van der Waals surface area contributed by atoms with Crippen LogP contribution in [0.3, 0.4) is 0 Å². The van der Waals surface area contributed by atoms with Gasteiger partial charge < -0.3 is 14.6 Å². The Morgan fingerprint density at radius 2 is 2.25 bits per heavy atom. The molecule has 0 saturated carbocycles. The van der Waals surface area contributed by atoms with Gasteiger partial charge >= 0.3 is 0 Å². The lowest BCUT2D eigenvalue weighted by atomic mass is 9.95. The average molecular weight is 272 g/mol. The van der Waals surface area contributed by atoms with E-state index in [2.05, 4.69) is 10.5 Å². The summed E-state index contributed by atoms with van der Waals surface area (Å²) in [6, 6.07) is 7.76. The van der Waals surface area contributed by atoms with Crippen LogP contribution in [-0.2, 0) is 16.0 Å². The smallest absolute Gasteiger partial charge is 0.226 e. The van der Waals surface area contributed by atoms with Gasteiger partial charge in [0, 0.05) is 5.39 Å². The first-order valence-electron chi connectivity index (χ1n) is 7.08. The number of fused-ring (bicyclic) bond motifs is 3. The van der Waals surface area contributed by atoms with Crippen LogP contribution in [0.1, 0.15) is 25.0 Å². The molecule has 3 heterocycles. The molecule has 0 spiro atoms. The molecule has 1 amide bonds. The number of para-hydroxylation sites is 1. The summed E-state index contributed by atoms with van der Waals surface area (Å²) in [5.74, 6) is -0.00907. The van der Waals surface area contributed by atoms with Gasteiger partial charge in [0.05, 0.1) is 24.7 Å². The SMILES string of the molecule is O=C(Cc1noc2ccccc12)N[C@@H]1C[C@H]2CC[C@@H]1O2. The maximum absolute atomic E-state index is 12.1. The number of aromatic nitrogens is 1. The van der Waals surface area contributed by atoms with Gasteiger partial charge in [-0.05, 0) is 31.4 Å². The van der Waals surface area contributed by atoms with Crippen LogP contribution in [0.2, 0.25) is 0 Å². The average Bonchev–Trinajstić information content (AvgIpc) is 3.14. The summed E-state index contributed by atoms with van der Waals surface area (Å²) in [6.45, 7) is 0. The molecule has 0 aliphatic carbocycles. The van der Waals surface area contributed by atoms with Crippen molar-refractivity contribution in [3.63, 3.8) is 0 Å². The summed E-state index contributed by atoms with van der Waals surface area (Å²) in [4.78, 5) is 12.1. The molecule has 2 aliphatic rings. The highest BCUT2D eigenvalue weighted by Gasteiger charge is 2.41. The van der Waals surface area contributed by atoms with Gasteiger partial charge in [0.25, 0.3) is 0 Å². The van der Waals surface area contributed by atoms with Crippen molar-refractivity contribution in [3.05, 3.63) is 30.0 Å². The van der Waals surface area contributed by atoms with E-state index in [1.54, 1.807) is 0 Å². The quantitative estimate of drug-likeness (QED) is 0.925. The molecule has 1 N–H and O–H groups in total. The van der Waals surface area contributed by atoms with Crippen LogP contribution in [0.4, 0.5) is 0 Å². The number of benzene rings is 1. The van der Waals surface area contributed by atoms with Gasteiger partial charge in [0.15, 0.2) is 5.58 Å². The van der Waals surface area contributed by atoms with Crippen LogP contribution >= 0.6 is 0 Å². The zero-order valence-corrected chi connectivity index (χ0v) is 11.0. The van der Waals surface area contributed by atoms with Crippen molar-refractivity contribution >= 4 is 16.9 Å². The van der Waals surface area contributed by atoms with E-state index in [1.807, 2.05) is 24.3 Å². The van der Waals surface area contributed by atoms with Gasteiger partial charge in [-0.3, -0.25) is 4.79 Å². The number of hydrogen-bond donors (Lipinski definition) is 1. The van der Waals surface area contributed by atoms with E-state index in [4.69, 9.17) is 9.26 Å². The van der Waals surface area contributed by atoms with Gasteiger partial charge in [-0.2, -0.15) is 0 Å². The van der Waals surface area contributed by atoms with E-state index in [0.29, 0.717) is 11.8 Å². The summed E-state index contributed by atoms with van der Waals surface area (Å²) >= 11 is 0. The number of amides is 1. The van der Waals surface area contributed by atoms with Crippen molar-refractivity contribution < 1.29 is 14.1 Å². The number of rotatable bonds is 3. The van der Waals surface area contributed by atoms with Gasteiger partial charge in [-0.1, -0.05) is 17.3 Å². The van der Waals surface area contributed by atoms with E-state index < -0.39 is 0 Å². The number of carbonyl (C=O) groups is 1. The molecule has 104 valence electrons. The Morgan fingerprint density at radius 3 is 3.05 bits per heavy atom. The highest BCUT2D eigenvalue weighted by atomic mass is 16.5. The van der Waals surface area contributed by atoms with Crippen LogP contribution in [0.15, 0.2) is 28.8 Å². The molecule has 0 radical (unpaired) electrons. The maximum atomic E-state index is 12.1. The third-order valence-electron chi connectivity index (χ3n) is 4.23. The van der Waals surface area contributed by atoms with Crippen LogP contribution < -0.4 is 5.32 Å². The van der Waals surface area contributed by atoms with Crippen LogP contribution in [0, 0.1) is 0 Å². The Bertz CT molecular complexity index is 651. The number of nitrogens with zero attached hydrogens (tertiary/aromatic N) is 1. The summed E-state index contributed by atoms with van der Waals surface area (Å²) < 4.78 is 11.0. The molecule has 2 saturated heterocycles. The second-order valence-electron chi connectivity index (χ2n) is 5.59. The second kappa shape index (κ2) is 4.59. The van der Waals surface area contributed by atoms with Crippen molar-refractivity contribution in [2.45, 2.75) is 43.9 Å². The second-order valence-corrected chi connectivity index (χ2v) is 5.59. The number of nitrogens with one attached hydrogen (secondary N) is 1. The largest absolute Gasteiger partial charge is 0.373 e. The maximum Gasteiger partial charge on any atom is 0.226 e. The highest BCUT2D eigenvalue weighted by Crippen LogP contribution is 2.34. The van der Waals surface area contributed by atoms with Gasteiger partial charge in [0.2, 0.25) is 5.91 Å². The Morgan fingerprint density at radius 1 is 1.35 bits per heavy atom. The third kappa shape index (κ3) is 1.98. The minimum Gasteiger partial charge on any atom is -0.373 e. The number of hydrogen-bond acceptors (Lipinski definition) is 4. The lowest BCUT2D eigenvalue weighted by molar-refractivity contribution is -0.121. The summed E-state index contributed by atoms with van der Waals surface area (Å²) in [5, 5.41) is 7.97. The lowest BCUT2D eigenvalue weighted by Gasteiger charge is -2.19. The fraction of sp³-hybridized carbons (Fsp3) is 0.467. The van der Waals surface area contributed by atoms with Crippen LogP contribution in [-0.4, -0.2) is 29.3 Å². The molecule has 5 heteroatoms. The van der Waals surface area contributed by atoms with Gasteiger partial charge in [-0.15, -0.1) is 0 Å². The van der Waals surface area contributed by atoms with Gasteiger partial charge in [0.1, 0.15) is 5.69 Å². The highest BCUT2D eigenvalue weighted by molar-refractivity contribution is 5.86.